The van der Waals surface area contributed by atoms with Crippen LogP contribution in [0.1, 0.15) is 43.0 Å². The molecule has 3 rings (SSSR count). The Kier molecular flexibility index (Phi) is 6.19. The highest BCUT2D eigenvalue weighted by molar-refractivity contribution is 6.30. The Bertz CT molecular complexity index is 917. The quantitative estimate of drug-likeness (QED) is 0.521. The van der Waals surface area contributed by atoms with Crippen molar-refractivity contribution in [2.75, 3.05) is 12.3 Å². The van der Waals surface area contributed by atoms with Crippen LogP contribution in [0.3, 0.4) is 0 Å². The smallest absolute Gasteiger partial charge is 0.259 e. The molecule has 1 amide bonds. The summed E-state index contributed by atoms with van der Waals surface area (Å²) in [6.45, 7) is 2.72. The summed E-state index contributed by atoms with van der Waals surface area (Å²) in [5.41, 5.74) is 7.12. The maximum Gasteiger partial charge on any atom is 0.259 e. The minimum absolute atomic E-state index is 0.0308. The van der Waals surface area contributed by atoms with Crippen molar-refractivity contribution in [2.24, 2.45) is 0 Å². The zero-order valence-electron chi connectivity index (χ0n) is 15.1. The van der Waals surface area contributed by atoms with Crippen molar-refractivity contribution in [3.63, 3.8) is 0 Å². The molecule has 2 heterocycles. The van der Waals surface area contributed by atoms with Crippen molar-refractivity contribution in [3.8, 4) is 22.8 Å². The predicted molar refractivity (Wildman–Crippen MR) is 106 cm³/mol. The lowest BCUT2D eigenvalue weighted by molar-refractivity contribution is 0.0954. The van der Waals surface area contributed by atoms with Gasteiger partial charge in [0.2, 0.25) is 5.88 Å². The van der Waals surface area contributed by atoms with Crippen molar-refractivity contribution in [2.45, 2.75) is 32.6 Å². The van der Waals surface area contributed by atoms with Crippen LogP contribution >= 0.6 is 11.6 Å². The van der Waals surface area contributed by atoms with Crippen LogP contribution < -0.4 is 11.1 Å². The lowest BCUT2D eigenvalue weighted by atomic mass is 10.1. The number of nitrogens with zero attached hydrogens (tertiary/aromatic N) is 1. The zero-order valence-corrected chi connectivity index (χ0v) is 15.9. The van der Waals surface area contributed by atoms with Crippen molar-refractivity contribution in [1.82, 2.24) is 10.5 Å². The normalized spacial score (nSPS) is 10.9. The number of carbonyl (C=O) groups excluding carboxylic acids is 1. The monoisotopic (exact) mass is 387 g/mol. The number of rotatable bonds is 8. The number of unbranched alkanes of at least 4 members (excludes halogenated alkanes) is 3. The molecule has 3 N–H and O–H groups in total. The summed E-state index contributed by atoms with van der Waals surface area (Å²) >= 11 is 6.03. The topological polar surface area (TPSA) is 94.3 Å². The first-order valence-electron chi connectivity index (χ1n) is 8.99. The molecule has 0 atom stereocenters. The lowest BCUT2D eigenvalue weighted by Crippen LogP contribution is -2.25. The summed E-state index contributed by atoms with van der Waals surface area (Å²) in [4.78, 5) is 12.5. The number of furan rings is 1. The molecule has 6 nitrogen and oxygen atoms in total. The molecule has 0 aliphatic carbocycles. The lowest BCUT2D eigenvalue weighted by Gasteiger charge is -2.04. The number of carbonyl (C=O) groups is 1. The van der Waals surface area contributed by atoms with Crippen molar-refractivity contribution < 1.29 is 13.7 Å². The fourth-order valence-corrected chi connectivity index (χ4v) is 2.98. The molecular weight excluding hydrogens is 366 g/mol. The minimum atomic E-state index is -0.319. The number of halogens is 1. The van der Waals surface area contributed by atoms with Gasteiger partial charge in [-0.2, -0.15) is 0 Å². The van der Waals surface area contributed by atoms with Gasteiger partial charge in [0.25, 0.3) is 5.91 Å². The predicted octanol–water partition coefficient (Wildman–Crippen LogP) is 5.15. The molecular formula is C20H22ClN3O3. The van der Waals surface area contributed by atoms with E-state index in [2.05, 4.69) is 17.4 Å². The standard InChI is InChI=1S/C20H22ClN3O3/c1-2-3-4-5-11-23-20(25)17-18(24-27-19(17)22)16-10-9-15(26-16)13-7-6-8-14(21)12-13/h6-10,12H,2-5,11,22H2,1H3,(H,23,25). The van der Waals surface area contributed by atoms with E-state index < -0.39 is 0 Å². The molecule has 1 aromatic carbocycles. The van der Waals surface area contributed by atoms with Gasteiger partial charge in [0, 0.05) is 17.1 Å². The maximum absolute atomic E-state index is 12.5. The Labute approximate surface area is 162 Å². The van der Waals surface area contributed by atoms with Crippen LogP contribution in [0.4, 0.5) is 5.88 Å². The second-order valence-corrected chi connectivity index (χ2v) is 6.70. The summed E-state index contributed by atoms with van der Waals surface area (Å²) in [7, 11) is 0. The summed E-state index contributed by atoms with van der Waals surface area (Å²) in [6, 6.07) is 10.8. The molecule has 0 fully saturated rings. The van der Waals surface area contributed by atoms with Crippen LogP contribution in [0.15, 0.2) is 45.3 Å². The first kappa shape index (κ1) is 19.0. The molecule has 0 aliphatic rings. The second-order valence-electron chi connectivity index (χ2n) is 6.26. The Morgan fingerprint density at radius 2 is 2.00 bits per heavy atom. The van der Waals surface area contributed by atoms with E-state index in [0.29, 0.717) is 23.1 Å². The molecule has 0 unspecified atom stereocenters. The van der Waals surface area contributed by atoms with E-state index in [0.717, 1.165) is 31.2 Å². The van der Waals surface area contributed by atoms with Gasteiger partial charge in [0.05, 0.1) is 0 Å². The first-order valence-corrected chi connectivity index (χ1v) is 9.37. The number of nitrogens with two attached hydrogens (primary N) is 1. The van der Waals surface area contributed by atoms with Gasteiger partial charge in [-0.25, -0.2) is 0 Å². The van der Waals surface area contributed by atoms with Gasteiger partial charge >= 0.3 is 0 Å². The first-order chi connectivity index (χ1) is 13.1. The highest BCUT2D eigenvalue weighted by atomic mass is 35.5. The number of benzene rings is 1. The number of nitrogens with one attached hydrogen (secondary N) is 1. The van der Waals surface area contributed by atoms with E-state index in [9.17, 15) is 4.79 Å². The fourth-order valence-electron chi connectivity index (χ4n) is 2.79. The van der Waals surface area contributed by atoms with Crippen molar-refractivity contribution in [3.05, 3.63) is 47.0 Å². The molecule has 0 spiro atoms. The highest BCUT2D eigenvalue weighted by Gasteiger charge is 2.24. The Morgan fingerprint density at radius 1 is 1.19 bits per heavy atom. The van der Waals surface area contributed by atoms with Gasteiger partial charge < -0.3 is 20.0 Å². The van der Waals surface area contributed by atoms with E-state index in [4.69, 9.17) is 26.3 Å². The third kappa shape index (κ3) is 4.52. The average molecular weight is 388 g/mol. The third-order valence-electron chi connectivity index (χ3n) is 4.21. The van der Waals surface area contributed by atoms with Gasteiger partial charge in [-0.15, -0.1) is 0 Å². The van der Waals surface area contributed by atoms with Gasteiger partial charge in [-0.1, -0.05) is 55.1 Å². The third-order valence-corrected chi connectivity index (χ3v) is 4.45. The summed E-state index contributed by atoms with van der Waals surface area (Å²) < 4.78 is 10.9. The van der Waals surface area contributed by atoms with Crippen molar-refractivity contribution >= 4 is 23.4 Å². The zero-order chi connectivity index (χ0) is 19.2. The molecule has 0 saturated carbocycles. The van der Waals surface area contributed by atoms with E-state index in [-0.39, 0.29) is 23.0 Å². The minimum Gasteiger partial charge on any atom is -0.454 e. The number of hydrogen-bond donors (Lipinski definition) is 2. The number of hydrogen-bond acceptors (Lipinski definition) is 5. The van der Waals surface area contributed by atoms with E-state index >= 15 is 0 Å². The second kappa shape index (κ2) is 8.77. The number of aromatic nitrogens is 1. The Morgan fingerprint density at radius 3 is 2.78 bits per heavy atom. The van der Waals surface area contributed by atoms with E-state index in [1.54, 1.807) is 24.3 Å². The molecule has 3 aromatic rings. The van der Waals surface area contributed by atoms with Crippen LogP contribution in [0, 0.1) is 0 Å². The molecule has 0 saturated heterocycles. The van der Waals surface area contributed by atoms with Crippen molar-refractivity contribution in [1.29, 1.82) is 0 Å². The molecule has 0 bridgehead atoms. The molecule has 142 valence electrons. The molecule has 27 heavy (non-hydrogen) atoms. The molecule has 0 radical (unpaired) electrons. The van der Waals surface area contributed by atoms with Gasteiger partial charge in [0.15, 0.2) is 11.5 Å². The average Bonchev–Trinajstić information content (AvgIpc) is 3.28. The van der Waals surface area contributed by atoms with E-state index in [1.807, 2.05) is 12.1 Å². The van der Waals surface area contributed by atoms with Crippen LogP contribution in [0.2, 0.25) is 5.02 Å². The summed E-state index contributed by atoms with van der Waals surface area (Å²) in [6.07, 6.45) is 4.28. The SMILES string of the molecule is CCCCCCNC(=O)c1c(-c2ccc(-c3cccc(Cl)c3)o2)noc1N. The highest BCUT2D eigenvalue weighted by Crippen LogP contribution is 2.32. The number of amides is 1. The molecule has 7 heteroatoms. The molecule has 2 aromatic heterocycles. The maximum atomic E-state index is 12.5. The summed E-state index contributed by atoms with van der Waals surface area (Å²) in [5.74, 6) is 0.666. The van der Waals surface area contributed by atoms with Crippen LogP contribution in [-0.2, 0) is 0 Å². The Balaban J connectivity index is 1.77. The van der Waals surface area contributed by atoms with Gasteiger partial charge in [0.1, 0.15) is 11.3 Å². The Hall–Kier alpha value is -2.73. The van der Waals surface area contributed by atoms with Crippen LogP contribution in [0.25, 0.3) is 22.8 Å². The van der Waals surface area contributed by atoms with Gasteiger partial charge in [-0.05, 0) is 30.7 Å². The van der Waals surface area contributed by atoms with E-state index in [1.165, 1.54) is 0 Å². The molecule has 0 aliphatic heterocycles. The van der Waals surface area contributed by atoms with Gasteiger partial charge in [-0.3, -0.25) is 4.79 Å². The number of nitrogen functional groups attached to an aromatic ring is 1. The largest absolute Gasteiger partial charge is 0.454 e. The fraction of sp³-hybridized carbons (Fsp3) is 0.300. The number of anilines is 1. The van der Waals surface area contributed by atoms with Crippen LogP contribution in [0.5, 0.6) is 0 Å². The summed E-state index contributed by atoms with van der Waals surface area (Å²) in [5, 5.41) is 7.38. The van der Waals surface area contributed by atoms with Crippen LogP contribution in [-0.4, -0.2) is 17.6 Å².